The fourth-order valence-electron chi connectivity index (χ4n) is 13.9. The molecule has 4 fully saturated rings. The molecule has 4 aliphatic heterocycles. The molecule has 4 heterocycles. The number of rotatable bonds is 30. The second-order valence-electron chi connectivity index (χ2n) is 28.1. The van der Waals surface area contributed by atoms with Crippen LogP contribution in [-0.2, 0) is 82.8 Å². The van der Waals surface area contributed by atoms with Gasteiger partial charge in [0.2, 0.25) is 0 Å². The second-order valence-corrected chi connectivity index (χ2v) is 28.1. The molecule has 25 heteroatoms. The Morgan fingerprint density at radius 1 is 0.353 bits per heavy atom. The van der Waals surface area contributed by atoms with E-state index in [9.17, 15) is 43.5 Å². The summed E-state index contributed by atoms with van der Waals surface area (Å²) < 4.78 is 32.1. The monoisotopic (exact) mass is 1630 g/mol. The van der Waals surface area contributed by atoms with Gasteiger partial charge in [0, 0.05) is 34.2 Å². The van der Waals surface area contributed by atoms with E-state index in [-0.39, 0.29) is 126 Å². The topological polar surface area (TPSA) is 300 Å². The maximum atomic E-state index is 14.3. The minimum Gasteiger partial charge on any atom is -0.850 e. The minimum absolute atomic E-state index is 0. The van der Waals surface area contributed by atoms with Crippen molar-refractivity contribution < 1.29 is 123 Å². The summed E-state index contributed by atoms with van der Waals surface area (Å²) in [6.07, 6.45) is 0. The van der Waals surface area contributed by atoms with E-state index in [4.69, 9.17) is 33.7 Å². The summed E-state index contributed by atoms with van der Waals surface area (Å²) in [4.78, 5) is 110. The average Bonchev–Trinajstić information content (AvgIpc) is 1.59. The van der Waals surface area contributed by atoms with Crippen LogP contribution >= 0.6 is 0 Å². The van der Waals surface area contributed by atoms with Gasteiger partial charge in [0.25, 0.3) is 23.6 Å². The van der Waals surface area contributed by atoms with Crippen LogP contribution in [0.5, 0.6) is 0 Å². The minimum atomic E-state index is -1.29. The molecule has 4 saturated heterocycles. The molecule has 0 radical (unpaired) electrons. The number of urea groups is 4. The fraction of sp³-hybridized carbons (Fsp3) is 0.266. The predicted molar refractivity (Wildman–Crippen MR) is 444 cm³/mol. The molecule has 0 saturated carbocycles. The first-order valence-electron chi connectivity index (χ1n) is 38.6. The summed E-state index contributed by atoms with van der Waals surface area (Å²) in [5.41, 5.74) is 2.14. The number of carbonyl (C=O) groups is 8. The molecule has 0 spiro atoms. The third kappa shape index (κ3) is 23.6. The molecule has 0 bridgehead atoms. The van der Waals surface area contributed by atoms with Crippen molar-refractivity contribution in [3.63, 3.8) is 0 Å². The van der Waals surface area contributed by atoms with Crippen LogP contribution in [0.15, 0.2) is 303 Å². The molecule has 10 aromatic rings. The Morgan fingerprint density at radius 3 is 0.966 bits per heavy atom. The molecular weight excluding hydrogens is 1530 g/mol. The SMILES string of the molecule is CC#N.CC(C)(C)[O-].COCCOCCOCCN1C(=O)N(Cc2ccccc2)C(=O)C1(c1ccccc1)c1ccccc1.COCCOCCOCCN1C(=O)NC(=O)C1(c1ccccc1)c1ccccc1.O=C1NC(=O)C(c2ccccc2)(c2ccccc2)N1.O=C1NC(c2ccccc2)(c2ccccc2)C(=O)N1Cc1ccccc1.[K+]. The van der Waals surface area contributed by atoms with Crippen molar-refractivity contribution >= 4 is 47.8 Å². The van der Waals surface area contributed by atoms with Crippen LogP contribution in [0.25, 0.3) is 0 Å². The number of imide groups is 4. The van der Waals surface area contributed by atoms with Crippen molar-refractivity contribution in [3.8, 4) is 6.07 Å². The normalized spacial score (nSPS) is 15.0. The first-order chi connectivity index (χ1) is 57.3. The zero-order chi connectivity index (χ0) is 84.2. The number of carbonyl (C=O) groups excluding carboxylic acids is 8. The number of benzene rings is 10. The van der Waals surface area contributed by atoms with Crippen molar-refractivity contribution in [2.24, 2.45) is 0 Å². The molecule has 612 valence electrons. The van der Waals surface area contributed by atoms with Gasteiger partial charge in [0.1, 0.15) is 0 Å². The first-order valence-corrected chi connectivity index (χ1v) is 38.6. The van der Waals surface area contributed by atoms with E-state index in [1.54, 1.807) is 50.9 Å². The summed E-state index contributed by atoms with van der Waals surface area (Å²) >= 11 is 0. The molecule has 0 unspecified atom stereocenters. The Kier molecular flexibility index (Phi) is 36.7. The number of amides is 12. The average molecular weight is 1630 g/mol. The van der Waals surface area contributed by atoms with Crippen molar-refractivity contribution in [1.29, 1.82) is 5.26 Å². The number of hydrogen-bond acceptors (Lipinski definition) is 16. The van der Waals surface area contributed by atoms with E-state index in [0.29, 0.717) is 52.9 Å². The molecule has 0 aliphatic carbocycles. The number of nitriles is 1. The first kappa shape index (κ1) is 93.3. The summed E-state index contributed by atoms with van der Waals surface area (Å²) in [5.74, 6) is -1.24. The quantitative estimate of drug-likeness (QED) is 0.0185. The smallest absolute Gasteiger partial charge is 0.850 e. The molecule has 4 aliphatic rings. The van der Waals surface area contributed by atoms with Crippen LogP contribution in [0, 0.1) is 11.3 Å². The molecule has 119 heavy (non-hydrogen) atoms. The van der Waals surface area contributed by atoms with Crippen LogP contribution in [0.4, 0.5) is 19.2 Å². The maximum Gasteiger partial charge on any atom is 1.00 e. The van der Waals surface area contributed by atoms with Gasteiger partial charge in [-0.15, -0.1) is 5.60 Å². The molecule has 0 atom stereocenters. The molecular formula is C94H100KN9O15. The van der Waals surface area contributed by atoms with Crippen LogP contribution in [-0.4, -0.2) is 166 Å². The van der Waals surface area contributed by atoms with Gasteiger partial charge in [-0.3, -0.25) is 49.4 Å². The maximum absolute atomic E-state index is 14.3. The van der Waals surface area contributed by atoms with E-state index < -0.39 is 39.8 Å². The fourth-order valence-corrected chi connectivity index (χ4v) is 13.9. The molecule has 4 N–H and O–H groups in total. The zero-order valence-corrected chi connectivity index (χ0v) is 71.2. The van der Waals surface area contributed by atoms with E-state index in [2.05, 4.69) is 21.3 Å². The van der Waals surface area contributed by atoms with E-state index >= 15 is 0 Å². The van der Waals surface area contributed by atoms with E-state index in [1.165, 1.54) is 16.7 Å². The Bertz CT molecular complexity index is 4690. The van der Waals surface area contributed by atoms with Crippen molar-refractivity contribution in [2.75, 3.05) is 93.4 Å². The standard InChI is InChI=1S/C29H32N2O5.C22H26N2O5.C22H18N2O2.C15H12N2O2.C4H9O.C2H3N.K/c1-34-19-20-36-22-21-35-18-17-31-28(33)30(23-24-11-5-2-6-12-24)27(32)29(31,25-13-7-3-8-14-25)26-15-9-4-10-16-26;1-27-14-15-29-17-16-28-13-12-24-21(26)23-20(25)22(24,18-8-4-2-5-9-18)19-10-6-3-7-11-19;25-20-22(18-12-6-2-7-13-18,19-14-8-3-9-15-19)23-21(26)24(20)16-17-10-4-1-5-11-17;18-13-15(17-14(19)16-13,11-7-3-1-4-8-11)12-9-5-2-6-10-12;1-4(2,3)5;1-2-3;/h2-16H,17-23H2,1H3;2-11H,12-17H2,1H3,(H,23,25,26);1-15H,16H2,(H,23,26);1-10H,(H2,16,17,18,19);1-3H3;1H3;/q;;;;-1;;+1. The number of methoxy groups -OCH3 is 2. The summed E-state index contributed by atoms with van der Waals surface area (Å²) in [6, 6.07) is 94.1. The van der Waals surface area contributed by atoms with Crippen molar-refractivity contribution in [2.45, 2.75) is 68.5 Å². The Hall–Kier alpha value is -11.2. The van der Waals surface area contributed by atoms with Gasteiger partial charge in [-0.05, 0) is 55.6 Å². The van der Waals surface area contributed by atoms with Gasteiger partial charge in [-0.25, -0.2) is 19.2 Å². The van der Waals surface area contributed by atoms with E-state index in [0.717, 1.165) is 55.6 Å². The molecule has 14 rings (SSSR count). The predicted octanol–water partition coefficient (Wildman–Crippen LogP) is 9.37. The second kappa shape index (κ2) is 46.8. The zero-order valence-electron chi connectivity index (χ0n) is 68.1. The van der Waals surface area contributed by atoms with Crippen molar-refractivity contribution in [1.82, 2.24) is 40.9 Å². The number of hydrogen-bond donors (Lipinski definition) is 4. The number of nitrogens with one attached hydrogen (secondary N) is 4. The Morgan fingerprint density at radius 2 is 0.639 bits per heavy atom. The number of nitrogens with zero attached hydrogens (tertiary/aromatic N) is 5. The van der Waals surface area contributed by atoms with Gasteiger partial charge >= 0.3 is 75.5 Å². The van der Waals surface area contributed by atoms with Crippen LogP contribution < -0.4 is 77.8 Å². The summed E-state index contributed by atoms with van der Waals surface area (Å²) in [7, 11) is 3.25. The van der Waals surface area contributed by atoms with Crippen LogP contribution in [0.2, 0.25) is 0 Å². The van der Waals surface area contributed by atoms with Gasteiger partial charge in [-0.2, -0.15) is 5.26 Å². The largest absolute Gasteiger partial charge is 1.00 e. The molecule has 12 amide bonds. The number of ether oxygens (including phenoxy) is 6. The Labute approximate surface area is 738 Å². The third-order valence-electron chi connectivity index (χ3n) is 19.1. The van der Waals surface area contributed by atoms with Crippen LogP contribution in [0.3, 0.4) is 0 Å². The molecule has 24 nitrogen and oxygen atoms in total. The van der Waals surface area contributed by atoms with Gasteiger partial charge in [0.15, 0.2) is 22.2 Å². The summed E-state index contributed by atoms with van der Waals surface area (Å²) in [6.45, 7) is 11.6. The Balaban J connectivity index is 0.000000194. The third-order valence-corrected chi connectivity index (χ3v) is 19.1. The molecule has 10 aromatic carbocycles. The van der Waals surface area contributed by atoms with Crippen molar-refractivity contribution in [3.05, 3.63) is 359 Å². The summed E-state index contributed by atoms with van der Waals surface area (Å²) in [5, 5.41) is 27.9. The van der Waals surface area contributed by atoms with Gasteiger partial charge in [-0.1, -0.05) is 324 Å². The molecule has 0 aromatic heterocycles. The van der Waals surface area contributed by atoms with Gasteiger partial charge in [0.05, 0.1) is 85.2 Å². The van der Waals surface area contributed by atoms with Crippen LogP contribution in [0.1, 0.15) is 83.3 Å². The van der Waals surface area contributed by atoms with Gasteiger partial charge < -0.3 is 44.2 Å². The van der Waals surface area contributed by atoms with E-state index in [1.807, 2.05) is 303 Å².